The fourth-order valence-electron chi connectivity index (χ4n) is 2.20. The van der Waals surface area contributed by atoms with Gasteiger partial charge in [0.1, 0.15) is 0 Å². The second-order valence-corrected chi connectivity index (χ2v) is 7.78. The van der Waals surface area contributed by atoms with E-state index in [9.17, 15) is 13.2 Å². The fraction of sp³-hybridized carbons (Fsp3) is 0.158. The lowest BCUT2D eigenvalue weighted by molar-refractivity contribution is -0.120. The zero-order valence-electron chi connectivity index (χ0n) is 13.9. The van der Waals surface area contributed by atoms with E-state index in [1.807, 2.05) is 18.2 Å². The van der Waals surface area contributed by atoms with Gasteiger partial charge < -0.3 is 5.32 Å². The van der Waals surface area contributed by atoms with Gasteiger partial charge >= 0.3 is 0 Å². The first-order valence-electron chi connectivity index (χ1n) is 7.55. The van der Waals surface area contributed by atoms with Crippen molar-refractivity contribution in [2.45, 2.75) is 24.2 Å². The lowest BCUT2D eigenvalue weighted by Crippen LogP contribution is -2.34. The summed E-state index contributed by atoms with van der Waals surface area (Å²) in [5.74, 6) is -0.196. The van der Waals surface area contributed by atoms with Crippen molar-refractivity contribution in [3.05, 3.63) is 71.6 Å². The highest BCUT2D eigenvalue weighted by atomic mass is 32.2. The van der Waals surface area contributed by atoms with Crippen LogP contribution in [0.25, 0.3) is 0 Å². The van der Waals surface area contributed by atoms with Gasteiger partial charge in [-0.2, -0.15) is 5.26 Å². The third kappa shape index (κ3) is 4.34. The Balaban J connectivity index is 2.24. The summed E-state index contributed by atoms with van der Waals surface area (Å²) in [7, 11) is -3.66. The van der Waals surface area contributed by atoms with Gasteiger partial charge in [0.15, 0.2) is 0 Å². The molecule has 0 aliphatic heterocycles. The van der Waals surface area contributed by atoms with E-state index in [1.54, 1.807) is 44.2 Å². The number of para-hydroxylation sites is 1. The Bertz CT molecular complexity index is 923. The number of sulfone groups is 1. The van der Waals surface area contributed by atoms with Gasteiger partial charge in [-0.25, -0.2) is 8.42 Å². The fourth-order valence-corrected chi connectivity index (χ4v) is 3.11. The third-order valence-corrected chi connectivity index (χ3v) is 5.25. The summed E-state index contributed by atoms with van der Waals surface area (Å²) in [6.07, 6.45) is 0.917. The number of nitriles is 1. The van der Waals surface area contributed by atoms with E-state index >= 15 is 0 Å². The van der Waals surface area contributed by atoms with Crippen molar-refractivity contribution < 1.29 is 13.2 Å². The zero-order valence-corrected chi connectivity index (χ0v) is 14.7. The van der Waals surface area contributed by atoms with Crippen molar-refractivity contribution in [1.82, 2.24) is 0 Å². The summed E-state index contributed by atoms with van der Waals surface area (Å²) >= 11 is 0. The molecule has 0 aromatic heterocycles. The Morgan fingerprint density at radius 2 is 1.68 bits per heavy atom. The number of nitrogens with zero attached hydrogens (tertiary/aromatic N) is 1. The van der Waals surface area contributed by atoms with Crippen molar-refractivity contribution in [2.75, 3.05) is 5.32 Å². The standard InChI is InChI=1S/C19H18N2O3S/c1-19(2,18(22)21-16-7-4-3-5-8-16)15-9-11-17(12-10-15)25(23,24)14-6-13-20/h3-12,14H,1-2H3,(H,21,22). The molecule has 0 saturated carbocycles. The molecule has 2 rings (SSSR count). The Morgan fingerprint density at radius 3 is 2.24 bits per heavy atom. The quantitative estimate of drug-likeness (QED) is 0.834. The number of hydrogen-bond donors (Lipinski definition) is 1. The molecule has 0 saturated heterocycles. The first-order chi connectivity index (χ1) is 11.8. The zero-order chi connectivity index (χ0) is 18.5. The predicted octanol–water partition coefficient (Wildman–Crippen LogP) is 3.41. The largest absolute Gasteiger partial charge is 0.325 e. The van der Waals surface area contributed by atoms with Gasteiger partial charge in [0.05, 0.1) is 16.4 Å². The minimum Gasteiger partial charge on any atom is -0.325 e. The SMILES string of the molecule is CC(C)(C(=O)Nc1ccccc1)c1ccc(S(=O)(=O)C=CC#N)cc1. The summed E-state index contributed by atoms with van der Waals surface area (Å²) in [6, 6.07) is 16.9. The summed E-state index contributed by atoms with van der Waals surface area (Å²) < 4.78 is 24.0. The number of anilines is 1. The van der Waals surface area contributed by atoms with E-state index in [0.717, 1.165) is 11.5 Å². The Hall–Kier alpha value is -2.91. The number of rotatable bonds is 5. The Labute approximate surface area is 147 Å². The molecule has 1 N–H and O–H groups in total. The number of hydrogen-bond acceptors (Lipinski definition) is 4. The van der Waals surface area contributed by atoms with Crippen molar-refractivity contribution in [2.24, 2.45) is 0 Å². The molecule has 0 heterocycles. The highest BCUT2D eigenvalue weighted by molar-refractivity contribution is 7.94. The first-order valence-corrected chi connectivity index (χ1v) is 9.10. The normalized spacial score (nSPS) is 11.9. The van der Waals surface area contributed by atoms with Gasteiger partial charge in [0.2, 0.25) is 15.7 Å². The third-order valence-electron chi connectivity index (χ3n) is 3.83. The van der Waals surface area contributed by atoms with E-state index in [4.69, 9.17) is 5.26 Å². The predicted molar refractivity (Wildman–Crippen MR) is 96.5 cm³/mol. The Kier molecular flexibility index (Phi) is 5.40. The number of nitrogens with one attached hydrogen (secondary N) is 1. The molecule has 0 aliphatic rings. The van der Waals surface area contributed by atoms with E-state index in [2.05, 4.69) is 5.32 Å². The molecule has 0 spiro atoms. The molecule has 0 atom stereocenters. The van der Waals surface area contributed by atoms with Crippen molar-refractivity contribution in [1.29, 1.82) is 5.26 Å². The van der Waals surface area contributed by atoms with Crippen molar-refractivity contribution >= 4 is 21.4 Å². The van der Waals surface area contributed by atoms with Crippen LogP contribution in [0.5, 0.6) is 0 Å². The van der Waals surface area contributed by atoms with E-state index in [-0.39, 0.29) is 10.8 Å². The highest BCUT2D eigenvalue weighted by Gasteiger charge is 2.30. The topological polar surface area (TPSA) is 87.0 Å². The first kappa shape index (κ1) is 18.4. The molecule has 0 aliphatic carbocycles. The molecule has 0 unspecified atom stereocenters. The number of benzene rings is 2. The molecule has 1 amide bonds. The lowest BCUT2D eigenvalue weighted by atomic mass is 9.83. The molecular weight excluding hydrogens is 336 g/mol. The van der Waals surface area contributed by atoms with Gasteiger partial charge in [-0.15, -0.1) is 0 Å². The molecule has 25 heavy (non-hydrogen) atoms. The minimum absolute atomic E-state index is 0.0713. The van der Waals surface area contributed by atoms with Crippen LogP contribution in [-0.2, 0) is 20.0 Å². The summed E-state index contributed by atoms with van der Waals surface area (Å²) in [6.45, 7) is 3.54. The van der Waals surface area contributed by atoms with E-state index in [1.165, 1.54) is 12.1 Å². The van der Waals surface area contributed by atoms with Crippen molar-refractivity contribution in [3.8, 4) is 6.07 Å². The maximum atomic E-state index is 12.6. The molecule has 2 aromatic carbocycles. The second kappa shape index (κ2) is 7.32. The van der Waals surface area contributed by atoms with Crippen LogP contribution in [0.2, 0.25) is 0 Å². The van der Waals surface area contributed by atoms with Crippen LogP contribution in [0.3, 0.4) is 0 Å². The average molecular weight is 354 g/mol. The van der Waals surface area contributed by atoms with Gasteiger partial charge in [0.25, 0.3) is 0 Å². The van der Waals surface area contributed by atoms with Gasteiger partial charge in [0, 0.05) is 17.2 Å². The minimum atomic E-state index is -3.66. The molecule has 0 bridgehead atoms. The number of carbonyl (C=O) groups is 1. The average Bonchev–Trinajstić information content (AvgIpc) is 2.61. The van der Waals surface area contributed by atoms with Crippen LogP contribution in [-0.4, -0.2) is 14.3 Å². The Morgan fingerprint density at radius 1 is 1.08 bits per heavy atom. The highest BCUT2D eigenvalue weighted by Crippen LogP contribution is 2.26. The monoisotopic (exact) mass is 354 g/mol. The number of amides is 1. The van der Waals surface area contributed by atoms with Gasteiger partial charge in [-0.05, 0) is 43.7 Å². The van der Waals surface area contributed by atoms with Crippen LogP contribution < -0.4 is 5.32 Å². The van der Waals surface area contributed by atoms with E-state index in [0.29, 0.717) is 11.3 Å². The van der Waals surface area contributed by atoms with Gasteiger partial charge in [-0.1, -0.05) is 30.3 Å². The molecule has 2 aromatic rings. The molecule has 5 nitrogen and oxygen atoms in total. The maximum Gasteiger partial charge on any atom is 0.234 e. The van der Waals surface area contributed by atoms with Crippen molar-refractivity contribution in [3.63, 3.8) is 0 Å². The van der Waals surface area contributed by atoms with E-state index < -0.39 is 15.3 Å². The maximum absolute atomic E-state index is 12.6. The smallest absolute Gasteiger partial charge is 0.234 e. The van der Waals surface area contributed by atoms with Gasteiger partial charge in [-0.3, -0.25) is 4.79 Å². The number of carbonyl (C=O) groups excluding carboxylic acids is 1. The number of allylic oxidation sites excluding steroid dienone is 1. The van der Waals surface area contributed by atoms with Crippen LogP contribution >= 0.6 is 0 Å². The molecule has 6 heteroatoms. The van der Waals surface area contributed by atoms with Crippen LogP contribution in [0.15, 0.2) is 71.0 Å². The van der Waals surface area contributed by atoms with Crippen LogP contribution in [0.1, 0.15) is 19.4 Å². The summed E-state index contributed by atoms with van der Waals surface area (Å²) in [4.78, 5) is 12.7. The molecular formula is C19H18N2O3S. The lowest BCUT2D eigenvalue weighted by Gasteiger charge is -2.24. The van der Waals surface area contributed by atoms with Crippen LogP contribution in [0, 0.1) is 11.3 Å². The molecule has 128 valence electrons. The molecule has 0 radical (unpaired) electrons. The second-order valence-electron chi connectivity index (χ2n) is 5.95. The molecule has 0 fully saturated rings. The summed E-state index contributed by atoms with van der Waals surface area (Å²) in [5, 5.41) is 12.2. The van der Waals surface area contributed by atoms with Crippen LogP contribution in [0.4, 0.5) is 5.69 Å². The summed E-state index contributed by atoms with van der Waals surface area (Å²) in [5.41, 5.74) is 0.534.